The van der Waals surface area contributed by atoms with Crippen LogP contribution in [0.4, 0.5) is 4.39 Å². The molecule has 0 spiro atoms. The number of nitrogens with one attached hydrogen (secondary N) is 1. The number of aromatic nitrogens is 2. The molecule has 2 unspecified atom stereocenters. The fourth-order valence-corrected chi connectivity index (χ4v) is 4.26. The van der Waals surface area contributed by atoms with Crippen molar-refractivity contribution in [2.24, 2.45) is 10.9 Å². The molecule has 152 valence electrons. The Bertz CT molecular complexity index is 803. The van der Waals surface area contributed by atoms with Gasteiger partial charge in [0.2, 0.25) is 0 Å². The van der Waals surface area contributed by atoms with Crippen molar-refractivity contribution >= 4 is 29.9 Å². The molecule has 0 bridgehead atoms. The first-order valence-electron chi connectivity index (χ1n) is 9.81. The number of aliphatic imine (C=N–C) groups is 1. The van der Waals surface area contributed by atoms with Gasteiger partial charge in [0.05, 0.1) is 12.4 Å². The van der Waals surface area contributed by atoms with Crippen LogP contribution in [0.2, 0.25) is 0 Å². The van der Waals surface area contributed by atoms with Crippen molar-refractivity contribution in [3.8, 4) is 0 Å². The number of guanidine groups is 1. The molecule has 1 aromatic carbocycles. The number of imidazole rings is 1. The van der Waals surface area contributed by atoms with Crippen LogP contribution in [-0.4, -0.2) is 47.1 Å². The smallest absolute Gasteiger partial charge is 0.193 e. The Morgan fingerprint density at radius 3 is 2.79 bits per heavy atom. The van der Waals surface area contributed by atoms with Crippen molar-refractivity contribution in [2.75, 3.05) is 26.7 Å². The van der Waals surface area contributed by atoms with Crippen LogP contribution in [0.3, 0.4) is 0 Å². The van der Waals surface area contributed by atoms with Crippen LogP contribution in [0.15, 0.2) is 48.0 Å². The summed E-state index contributed by atoms with van der Waals surface area (Å²) in [5.41, 5.74) is 0.741. The molecule has 0 amide bonds. The molecule has 2 heterocycles. The first-order valence-corrected chi connectivity index (χ1v) is 9.81. The topological polar surface area (TPSA) is 45.5 Å². The van der Waals surface area contributed by atoms with Crippen molar-refractivity contribution in [1.82, 2.24) is 19.8 Å². The van der Waals surface area contributed by atoms with E-state index in [0.717, 1.165) is 50.4 Å². The van der Waals surface area contributed by atoms with Crippen molar-refractivity contribution in [1.29, 1.82) is 0 Å². The van der Waals surface area contributed by atoms with Crippen LogP contribution >= 0.6 is 24.0 Å². The highest BCUT2D eigenvalue weighted by Crippen LogP contribution is 2.48. The summed E-state index contributed by atoms with van der Waals surface area (Å²) in [4.78, 5) is 11.0. The highest BCUT2D eigenvalue weighted by atomic mass is 127. The van der Waals surface area contributed by atoms with Crippen molar-refractivity contribution in [2.45, 2.75) is 37.6 Å². The second-order valence-corrected chi connectivity index (χ2v) is 7.95. The molecule has 2 aromatic rings. The molecule has 7 heteroatoms. The Kier molecular flexibility index (Phi) is 6.62. The Morgan fingerprint density at radius 1 is 1.36 bits per heavy atom. The van der Waals surface area contributed by atoms with Gasteiger partial charge in [-0.3, -0.25) is 4.99 Å². The quantitative estimate of drug-likeness (QED) is 0.397. The van der Waals surface area contributed by atoms with Gasteiger partial charge in [-0.1, -0.05) is 25.1 Å². The van der Waals surface area contributed by atoms with E-state index < -0.39 is 0 Å². The molecule has 1 aromatic heterocycles. The largest absolute Gasteiger partial charge is 0.355 e. The van der Waals surface area contributed by atoms with E-state index in [1.165, 1.54) is 0 Å². The highest BCUT2D eigenvalue weighted by Gasteiger charge is 2.46. The predicted molar refractivity (Wildman–Crippen MR) is 121 cm³/mol. The molecule has 1 N–H and O–H groups in total. The minimum atomic E-state index is -0.0984. The monoisotopic (exact) mass is 497 g/mol. The molecule has 5 nitrogen and oxygen atoms in total. The zero-order valence-corrected chi connectivity index (χ0v) is 18.8. The zero-order valence-electron chi connectivity index (χ0n) is 16.5. The molecule has 2 fully saturated rings. The third kappa shape index (κ3) is 4.18. The van der Waals surface area contributed by atoms with E-state index in [1.807, 2.05) is 37.9 Å². The van der Waals surface area contributed by atoms with E-state index in [9.17, 15) is 4.39 Å². The van der Waals surface area contributed by atoms with E-state index in [1.54, 1.807) is 12.1 Å². The maximum Gasteiger partial charge on any atom is 0.193 e. The predicted octanol–water partition coefficient (Wildman–Crippen LogP) is 3.83. The Labute approximate surface area is 183 Å². The summed E-state index contributed by atoms with van der Waals surface area (Å²) in [6.45, 7) is 4.92. The van der Waals surface area contributed by atoms with E-state index >= 15 is 0 Å². The summed E-state index contributed by atoms with van der Waals surface area (Å²) >= 11 is 0. The second-order valence-electron chi connectivity index (χ2n) is 7.95. The maximum absolute atomic E-state index is 14.3. The molecule has 1 aliphatic heterocycles. The molecule has 2 aliphatic rings. The van der Waals surface area contributed by atoms with Crippen LogP contribution in [-0.2, 0) is 5.41 Å². The van der Waals surface area contributed by atoms with Crippen molar-refractivity contribution in [3.05, 3.63) is 54.4 Å². The van der Waals surface area contributed by atoms with Gasteiger partial charge >= 0.3 is 0 Å². The fourth-order valence-electron chi connectivity index (χ4n) is 4.26. The van der Waals surface area contributed by atoms with Gasteiger partial charge in [-0.05, 0) is 36.8 Å². The van der Waals surface area contributed by atoms with Crippen LogP contribution < -0.4 is 5.32 Å². The third-order valence-corrected chi connectivity index (χ3v) is 6.22. The lowest BCUT2D eigenvalue weighted by Gasteiger charge is -2.39. The Morgan fingerprint density at radius 2 is 2.14 bits per heavy atom. The number of hydrogen-bond acceptors (Lipinski definition) is 2. The van der Waals surface area contributed by atoms with Gasteiger partial charge in [-0.25, -0.2) is 9.37 Å². The molecule has 28 heavy (non-hydrogen) atoms. The highest BCUT2D eigenvalue weighted by molar-refractivity contribution is 14.0. The molecule has 1 aliphatic carbocycles. The van der Waals surface area contributed by atoms with Gasteiger partial charge in [-0.15, -0.1) is 24.0 Å². The van der Waals surface area contributed by atoms with E-state index in [-0.39, 0.29) is 35.2 Å². The summed E-state index contributed by atoms with van der Waals surface area (Å²) in [5, 5.41) is 3.53. The SMILES string of the molecule is CN=C(NCC1(c2ccccc2F)CC1)N1CCC(C)C(n2ccnc2)C1.I. The van der Waals surface area contributed by atoms with Gasteiger partial charge in [-0.2, -0.15) is 0 Å². The third-order valence-electron chi connectivity index (χ3n) is 6.22. The molecule has 4 rings (SSSR count). The van der Waals surface area contributed by atoms with Crippen LogP contribution in [0, 0.1) is 11.7 Å². The summed E-state index contributed by atoms with van der Waals surface area (Å²) in [5.74, 6) is 1.41. The molecule has 1 saturated carbocycles. The molecular formula is C21H29FIN5. The van der Waals surface area contributed by atoms with Gasteiger partial charge < -0.3 is 14.8 Å². The number of rotatable bonds is 4. The lowest BCUT2D eigenvalue weighted by molar-refractivity contribution is 0.188. The number of likely N-dealkylation sites (tertiary alicyclic amines) is 1. The van der Waals surface area contributed by atoms with Crippen LogP contribution in [0.25, 0.3) is 0 Å². The van der Waals surface area contributed by atoms with Crippen LogP contribution in [0.1, 0.15) is 37.8 Å². The van der Waals surface area contributed by atoms with Gasteiger partial charge in [0.15, 0.2) is 5.96 Å². The number of halogens is 2. The van der Waals surface area contributed by atoms with E-state index in [4.69, 9.17) is 0 Å². The minimum Gasteiger partial charge on any atom is -0.355 e. The summed E-state index contributed by atoms with van der Waals surface area (Å²) in [7, 11) is 1.83. The zero-order chi connectivity index (χ0) is 18.9. The Hall–Kier alpha value is -1.64. The van der Waals surface area contributed by atoms with Crippen LogP contribution in [0.5, 0.6) is 0 Å². The van der Waals surface area contributed by atoms with Crippen molar-refractivity contribution < 1.29 is 4.39 Å². The second kappa shape index (κ2) is 8.80. The summed E-state index contributed by atoms with van der Waals surface area (Å²) < 4.78 is 16.5. The summed E-state index contributed by atoms with van der Waals surface area (Å²) in [6.07, 6.45) is 8.93. The molecule has 1 saturated heterocycles. The Balaban J connectivity index is 0.00000225. The van der Waals surface area contributed by atoms with Gasteiger partial charge in [0, 0.05) is 44.5 Å². The number of piperidine rings is 1. The first-order chi connectivity index (χ1) is 13.1. The molecule has 2 atom stereocenters. The lowest BCUT2D eigenvalue weighted by atomic mass is 9.93. The normalized spacial score (nSPS) is 23.8. The number of hydrogen-bond donors (Lipinski definition) is 1. The number of nitrogens with zero attached hydrogens (tertiary/aromatic N) is 4. The maximum atomic E-state index is 14.3. The molecular weight excluding hydrogens is 468 g/mol. The standard InChI is InChI=1S/C21H28FN5.HI/c1-16-7-11-26(13-19(16)27-12-10-24-15-27)20(23-2)25-14-21(8-9-21)17-5-3-4-6-18(17)22;/h3-6,10,12,15-16,19H,7-9,11,13-14H2,1-2H3,(H,23,25);1H. The van der Waals surface area contributed by atoms with Gasteiger partial charge in [0.25, 0.3) is 0 Å². The average Bonchev–Trinajstić information content (AvgIpc) is 3.26. The van der Waals surface area contributed by atoms with Crippen molar-refractivity contribution in [3.63, 3.8) is 0 Å². The van der Waals surface area contributed by atoms with E-state index in [0.29, 0.717) is 12.0 Å². The average molecular weight is 497 g/mol. The molecule has 0 radical (unpaired) electrons. The lowest BCUT2D eigenvalue weighted by Crippen LogP contribution is -2.50. The minimum absolute atomic E-state index is 0. The van der Waals surface area contributed by atoms with E-state index in [2.05, 4.69) is 31.7 Å². The van der Waals surface area contributed by atoms with Gasteiger partial charge in [0.1, 0.15) is 5.82 Å². The summed E-state index contributed by atoms with van der Waals surface area (Å²) in [6, 6.07) is 7.55. The fraction of sp³-hybridized carbons (Fsp3) is 0.524. The number of benzene rings is 1. The first kappa shape index (κ1) is 21.1.